The number of nitrogens with one attached hydrogen (secondary N) is 1. The van der Waals surface area contributed by atoms with Crippen molar-refractivity contribution in [3.8, 4) is 0 Å². The highest BCUT2D eigenvalue weighted by Gasteiger charge is 2.34. The second-order valence-corrected chi connectivity index (χ2v) is 4.67. The van der Waals surface area contributed by atoms with E-state index in [2.05, 4.69) is 5.32 Å². The topological polar surface area (TPSA) is 79.5 Å². The van der Waals surface area contributed by atoms with Crippen LogP contribution in [0.2, 0.25) is 0 Å². The van der Waals surface area contributed by atoms with E-state index in [1.54, 1.807) is 19.9 Å². The summed E-state index contributed by atoms with van der Waals surface area (Å²) in [5.74, 6) is -0.322. The van der Waals surface area contributed by atoms with Crippen LogP contribution in [0.15, 0.2) is 10.5 Å². The van der Waals surface area contributed by atoms with Crippen molar-refractivity contribution in [2.75, 3.05) is 0 Å². The maximum Gasteiger partial charge on any atom is 0.329 e. The second kappa shape index (κ2) is 5.25. The van der Waals surface area contributed by atoms with Crippen molar-refractivity contribution in [1.82, 2.24) is 5.32 Å². The smallest absolute Gasteiger partial charge is 0.329 e. The molecule has 5 nitrogen and oxygen atoms in total. The summed E-state index contributed by atoms with van der Waals surface area (Å²) in [6.07, 6.45) is 1.05. The van der Waals surface area contributed by atoms with Crippen LogP contribution in [0.4, 0.5) is 0 Å². The first kappa shape index (κ1) is 14.3. The minimum absolute atomic E-state index is 0.379. The van der Waals surface area contributed by atoms with Gasteiger partial charge in [0.25, 0.3) is 5.91 Å². The van der Waals surface area contributed by atoms with Crippen molar-refractivity contribution >= 4 is 11.9 Å². The molecule has 18 heavy (non-hydrogen) atoms. The quantitative estimate of drug-likeness (QED) is 0.843. The van der Waals surface area contributed by atoms with E-state index in [9.17, 15) is 14.7 Å². The summed E-state index contributed by atoms with van der Waals surface area (Å²) in [5, 5.41) is 11.8. The summed E-state index contributed by atoms with van der Waals surface area (Å²) in [5.41, 5.74) is -0.861. The fourth-order valence-electron chi connectivity index (χ4n) is 1.90. The van der Waals surface area contributed by atoms with E-state index >= 15 is 0 Å². The van der Waals surface area contributed by atoms with Gasteiger partial charge < -0.3 is 14.8 Å². The molecule has 1 rings (SSSR count). The predicted octanol–water partition coefficient (Wildman–Crippen LogP) is 2.27. The van der Waals surface area contributed by atoms with Gasteiger partial charge in [0.2, 0.25) is 0 Å². The lowest BCUT2D eigenvalue weighted by Crippen LogP contribution is -2.52. The molecule has 1 aromatic rings. The Morgan fingerprint density at radius 2 is 2.06 bits per heavy atom. The first-order valence-corrected chi connectivity index (χ1v) is 5.93. The molecular formula is C13H19NO4. The molecule has 0 bridgehead atoms. The van der Waals surface area contributed by atoms with Gasteiger partial charge in [-0.25, -0.2) is 4.79 Å². The lowest BCUT2D eigenvalue weighted by Gasteiger charge is -2.25. The van der Waals surface area contributed by atoms with Crippen LogP contribution >= 0.6 is 0 Å². The normalized spacial score (nSPS) is 14.0. The van der Waals surface area contributed by atoms with Crippen LogP contribution in [-0.2, 0) is 4.79 Å². The Balaban J connectivity index is 2.92. The lowest BCUT2D eigenvalue weighted by molar-refractivity contribution is -0.144. The number of hydrogen-bond acceptors (Lipinski definition) is 3. The lowest BCUT2D eigenvalue weighted by atomic mass is 9.96. The third kappa shape index (κ3) is 2.91. The van der Waals surface area contributed by atoms with Gasteiger partial charge in [0, 0.05) is 0 Å². The number of carbonyl (C=O) groups is 2. The molecule has 0 aliphatic rings. The van der Waals surface area contributed by atoms with Crippen LogP contribution in [0.1, 0.15) is 48.6 Å². The maximum absolute atomic E-state index is 12.0. The van der Waals surface area contributed by atoms with E-state index in [0.29, 0.717) is 29.9 Å². The molecule has 0 spiro atoms. The van der Waals surface area contributed by atoms with Crippen molar-refractivity contribution in [2.45, 2.75) is 46.1 Å². The molecule has 0 radical (unpaired) electrons. The summed E-state index contributed by atoms with van der Waals surface area (Å²) < 4.78 is 5.26. The van der Waals surface area contributed by atoms with E-state index in [0.717, 1.165) is 0 Å². The SMILES string of the molecule is CCCC(C)(NC(=O)c1cc(C)oc1C)C(=O)O. The van der Waals surface area contributed by atoms with Gasteiger partial charge in [-0.1, -0.05) is 13.3 Å². The van der Waals surface area contributed by atoms with E-state index in [1.807, 2.05) is 6.92 Å². The van der Waals surface area contributed by atoms with Crippen molar-refractivity contribution in [1.29, 1.82) is 0 Å². The minimum atomic E-state index is -1.25. The van der Waals surface area contributed by atoms with Gasteiger partial charge in [-0.15, -0.1) is 0 Å². The predicted molar refractivity (Wildman–Crippen MR) is 66.6 cm³/mol. The zero-order valence-corrected chi connectivity index (χ0v) is 11.2. The van der Waals surface area contributed by atoms with E-state index in [4.69, 9.17) is 4.42 Å². The van der Waals surface area contributed by atoms with Crippen LogP contribution in [0.3, 0.4) is 0 Å². The van der Waals surface area contributed by atoms with E-state index < -0.39 is 17.4 Å². The molecule has 1 unspecified atom stereocenters. The Hall–Kier alpha value is -1.78. The number of rotatable bonds is 5. The molecule has 1 atom stereocenters. The van der Waals surface area contributed by atoms with Crippen LogP contribution in [-0.4, -0.2) is 22.5 Å². The van der Waals surface area contributed by atoms with Gasteiger partial charge in [0.15, 0.2) is 0 Å². The Bertz CT molecular complexity index is 464. The fourth-order valence-corrected chi connectivity index (χ4v) is 1.90. The molecule has 0 aliphatic heterocycles. The maximum atomic E-state index is 12.0. The van der Waals surface area contributed by atoms with Gasteiger partial charge >= 0.3 is 5.97 Å². The van der Waals surface area contributed by atoms with Crippen molar-refractivity contribution in [3.63, 3.8) is 0 Å². The molecule has 1 aromatic heterocycles. The third-order valence-electron chi connectivity index (χ3n) is 2.90. The van der Waals surface area contributed by atoms with Crippen LogP contribution in [0, 0.1) is 13.8 Å². The Morgan fingerprint density at radius 3 is 2.44 bits per heavy atom. The highest BCUT2D eigenvalue weighted by molar-refractivity contribution is 5.98. The fraction of sp³-hybridized carbons (Fsp3) is 0.538. The molecule has 2 N–H and O–H groups in total. The number of carboxylic acid groups (broad SMARTS) is 1. The van der Waals surface area contributed by atoms with Crippen LogP contribution < -0.4 is 5.32 Å². The third-order valence-corrected chi connectivity index (χ3v) is 2.90. The second-order valence-electron chi connectivity index (χ2n) is 4.67. The van der Waals surface area contributed by atoms with Crippen LogP contribution in [0.5, 0.6) is 0 Å². The first-order valence-electron chi connectivity index (χ1n) is 5.93. The molecule has 100 valence electrons. The number of carboxylic acids is 1. The molecular weight excluding hydrogens is 234 g/mol. The molecule has 0 saturated carbocycles. The van der Waals surface area contributed by atoms with E-state index in [-0.39, 0.29) is 0 Å². The van der Waals surface area contributed by atoms with Crippen molar-refractivity contribution in [2.24, 2.45) is 0 Å². The molecule has 1 amide bonds. The monoisotopic (exact) mass is 253 g/mol. The van der Waals surface area contributed by atoms with Gasteiger partial charge in [0.1, 0.15) is 17.1 Å². The van der Waals surface area contributed by atoms with Gasteiger partial charge in [0.05, 0.1) is 5.56 Å². The zero-order chi connectivity index (χ0) is 13.9. The molecule has 1 heterocycles. The molecule has 0 aromatic carbocycles. The summed E-state index contributed by atoms with van der Waals surface area (Å²) in [7, 11) is 0. The molecule has 0 fully saturated rings. The number of furan rings is 1. The van der Waals surface area contributed by atoms with E-state index in [1.165, 1.54) is 6.92 Å². The summed E-state index contributed by atoms with van der Waals surface area (Å²) in [4.78, 5) is 23.3. The number of hydrogen-bond donors (Lipinski definition) is 2. The number of aryl methyl sites for hydroxylation is 2. The molecule has 0 aliphatic carbocycles. The van der Waals surface area contributed by atoms with Crippen molar-refractivity contribution < 1.29 is 19.1 Å². The summed E-state index contributed by atoms with van der Waals surface area (Å²) >= 11 is 0. The van der Waals surface area contributed by atoms with Crippen molar-refractivity contribution in [3.05, 3.63) is 23.2 Å². The van der Waals surface area contributed by atoms with Crippen LogP contribution in [0.25, 0.3) is 0 Å². The average molecular weight is 253 g/mol. The Kier molecular flexibility index (Phi) is 4.16. The number of aliphatic carboxylic acids is 1. The van der Waals surface area contributed by atoms with Gasteiger partial charge in [-0.3, -0.25) is 4.79 Å². The first-order chi connectivity index (χ1) is 8.30. The van der Waals surface area contributed by atoms with Gasteiger partial charge in [-0.2, -0.15) is 0 Å². The standard InChI is InChI=1S/C13H19NO4/c1-5-6-13(4,12(16)17)14-11(15)10-7-8(2)18-9(10)3/h7H,5-6H2,1-4H3,(H,14,15)(H,16,17). The Labute approximate surface area is 106 Å². The number of amides is 1. The minimum Gasteiger partial charge on any atom is -0.480 e. The number of carbonyl (C=O) groups excluding carboxylic acids is 1. The molecule has 0 saturated heterocycles. The highest BCUT2D eigenvalue weighted by atomic mass is 16.4. The summed E-state index contributed by atoms with van der Waals surface area (Å²) in [6.45, 7) is 6.81. The average Bonchev–Trinajstić information content (AvgIpc) is 2.57. The van der Waals surface area contributed by atoms with Gasteiger partial charge in [-0.05, 0) is 33.3 Å². The Morgan fingerprint density at radius 1 is 1.44 bits per heavy atom. The highest BCUT2D eigenvalue weighted by Crippen LogP contribution is 2.17. The largest absolute Gasteiger partial charge is 0.480 e. The molecule has 5 heteroatoms. The zero-order valence-electron chi connectivity index (χ0n) is 11.2. The summed E-state index contributed by atoms with van der Waals surface area (Å²) in [6, 6.07) is 1.61.